The van der Waals surface area contributed by atoms with E-state index >= 15 is 0 Å². The second-order valence-electron chi connectivity index (χ2n) is 8.95. The standard InChI is InChI=1S/C32H18O17S2/c33-25(21-15-7-9-17-23(21)50(41)19-11-3-1-4-12-19)43-27(35)45-29(37)47-31(39)49-32(40)48-30(38)46-28(36)44-26(34)22-16-8-10-18-24(22)51(42)20-13-5-2-6-14-20/h1-18H. The van der Waals surface area contributed by atoms with Gasteiger partial charge >= 0.3 is 48.9 Å². The molecule has 17 nitrogen and oxygen atoms in total. The quantitative estimate of drug-likeness (QED) is 0.128. The Bertz CT molecular complexity index is 1920. The summed E-state index contributed by atoms with van der Waals surface area (Å²) in [5.74, 6) is -2.80. The Kier molecular flexibility index (Phi) is 12.7. The minimum atomic E-state index is -2.23. The molecule has 4 aromatic rings. The van der Waals surface area contributed by atoms with Crippen molar-refractivity contribution >= 4 is 70.5 Å². The lowest BCUT2D eigenvalue weighted by atomic mass is 10.2. The molecule has 0 radical (unpaired) electrons. The van der Waals surface area contributed by atoms with Crippen molar-refractivity contribution in [2.45, 2.75) is 19.6 Å². The van der Waals surface area contributed by atoms with Gasteiger partial charge in [0.15, 0.2) is 0 Å². The molecule has 4 aromatic carbocycles. The summed E-state index contributed by atoms with van der Waals surface area (Å²) in [6.45, 7) is 0. The molecule has 51 heavy (non-hydrogen) atoms. The normalized spacial score (nSPS) is 11.4. The van der Waals surface area contributed by atoms with E-state index in [1.807, 2.05) is 0 Å². The summed E-state index contributed by atoms with van der Waals surface area (Å²) >= 11 is 0. The fourth-order valence-corrected chi connectivity index (χ4v) is 6.09. The second-order valence-corrected chi connectivity index (χ2v) is 11.8. The molecule has 2 unspecified atom stereocenters. The van der Waals surface area contributed by atoms with Gasteiger partial charge in [0.25, 0.3) is 0 Å². The second kappa shape index (κ2) is 17.5. The number of hydrogen-bond acceptors (Lipinski definition) is 17. The highest BCUT2D eigenvalue weighted by molar-refractivity contribution is 7.85. The molecule has 0 heterocycles. The first-order valence-electron chi connectivity index (χ1n) is 13.6. The Morgan fingerprint density at radius 1 is 0.333 bits per heavy atom. The van der Waals surface area contributed by atoms with Crippen molar-refractivity contribution in [1.29, 1.82) is 0 Å². The van der Waals surface area contributed by atoms with Crippen molar-refractivity contribution in [3.8, 4) is 0 Å². The van der Waals surface area contributed by atoms with Crippen LogP contribution in [-0.2, 0) is 54.8 Å². The summed E-state index contributed by atoms with van der Waals surface area (Å²) in [4.78, 5) is 96.0. The minimum Gasteiger partial charge on any atom is -0.356 e. The Morgan fingerprint density at radius 2 is 0.588 bits per heavy atom. The predicted octanol–water partition coefficient (Wildman–Crippen LogP) is 5.84. The van der Waals surface area contributed by atoms with Gasteiger partial charge in [-0.1, -0.05) is 60.7 Å². The number of ether oxygens (including phenoxy) is 7. The molecule has 0 fully saturated rings. The molecule has 0 saturated carbocycles. The molecule has 0 aliphatic carbocycles. The van der Waals surface area contributed by atoms with E-state index in [2.05, 4.69) is 33.2 Å². The average molecular weight is 739 g/mol. The molecular formula is C32H18O17S2. The summed E-state index contributed by atoms with van der Waals surface area (Å²) in [7, 11) is -3.76. The van der Waals surface area contributed by atoms with E-state index in [-0.39, 0.29) is 20.9 Å². The number of benzene rings is 4. The molecule has 2 atom stereocenters. The van der Waals surface area contributed by atoms with E-state index in [9.17, 15) is 46.8 Å². The average Bonchev–Trinajstić information content (AvgIpc) is 3.11. The summed E-state index contributed by atoms with van der Waals surface area (Å²) < 4.78 is 53.8. The van der Waals surface area contributed by atoms with Crippen LogP contribution in [0.5, 0.6) is 0 Å². The third kappa shape index (κ3) is 10.6. The van der Waals surface area contributed by atoms with Crippen molar-refractivity contribution in [3.05, 3.63) is 120 Å². The summed E-state index contributed by atoms with van der Waals surface area (Å²) in [5.41, 5.74) is -0.673. The maximum Gasteiger partial charge on any atom is 0.528 e. The van der Waals surface area contributed by atoms with Gasteiger partial charge in [0.05, 0.1) is 42.5 Å². The zero-order chi connectivity index (χ0) is 36.9. The number of carbonyl (C=O) groups is 8. The Morgan fingerprint density at radius 3 is 0.902 bits per heavy atom. The number of rotatable bonds is 6. The topological polar surface area (TPSA) is 235 Å². The van der Waals surface area contributed by atoms with Crippen LogP contribution in [0.15, 0.2) is 129 Å². The highest BCUT2D eigenvalue weighted by atomic mass is 32.2. The Labute approximate surface area is 289 Å². The number of carbonyl (C=O) groups excluding carboxylic acids is 8. The minimum absolute atomic E-state index is 0.0496. The van der Waals surface area contributed by atoms with Crippen LogP contribution in [0.1, 0.15) is 20.7 Å². The highest BCUT2D eigenvalue weighted by Crippen LogP contribution is 2.22. The maximum atomic E-state index is 12.9. The first-order valence-corrected chi connectivity index (χ1v) is 15.9. The molecule has 4 rings (SSSR count). The third-order valence-corrected chi connectivity index (χ3v) is 8.62. The zero-order valence-electron chi connectivity index (χ0n) is 25.1. The Balaban J connectivity index is 1.21. The first-order chi connectivity index (χ1) is 24.4. The molecule has 0 spiro atoms. The largest absolute Gasteiger partial charge is 0.528 e. The van der Waals surface area contributed by atoms with Gasteiger partial charge in [0.1, 0.15) is 0 Å². The van der Waals surface area contributed by atoms with Crippen LogP contribution in [0.3, 0.4) is 0 Å². The fourth-order valence-electron chi connectivity index (χ4n) is 3.66. The van der Waals surface area contributed by atoms with Gasteiger partial charge in [-0.3, -0.25) is 0 Å². The van der Waals surface area contributed by atoms with E-state index in [1.54, 1.807) is 36.4 Å². The zero-order valence-corrected chi connectivity index (χ0v) is 26.8. The molecule has 0 N–H and O–H groups in total. The predicted molar refractivity (Wildman–Crippen MR) is 164 cm³/mol. The van der Waals surface area contributed by atoms with Crippen LogP contribution < -0.4 is 0 Å². The van der Waals surface area contributed by atoms with E-state index in [1.165, 1.54) is 72.8 Å². The summed E-state index contributed by atoms with van der Waals surface area (Å²) in [5, 5.41) is 0. The van der Waals surface area contributed by atoms with Gasteiger partial charge in [-0.15, -0.1) is 0 Å². The monoisotopic (exact) mass is 738 g/mol. The highest BCUT2D eigenvalue weighted by Gasteiger charge is 2.28. The lowest BCUT2D eigenvalue weighted by Gasteiger charge is -2.08. The van der Waals surface area contributed by atoms with Crippen LogP contribution in [-0.4, -0.2) is 57.3 Å². The molecular weight excluding hydrogens is 720 g/mol. The van der Waals surface area contributed by atoms with Gasteiger partial charge < -0.3 is 33.2 Å². The van der Waals surface area contributed by atoms with Gasteiger partial charge in [-0.05, 0) is 48.5 Å². The van der Waals surface area contributed by atoms with Crippen molar-refractivity contribution < 1.29 is 79.9 Å². The summed E-state index contributed by atoms with van der Waals surface area (Å²) in [6.07, 6.45) is -12.8. The van der Waals surface area contributed by atoms with Crippen molar-refractivity contribution in [1.82, 2.24) is 0 Å². The molecule has 19 heteroatoms. The van der Waals surface area contributed by atoms with E-state index < -0.39 is 70.5 Å². The van der Waals surface area contributed by atoms with E-state index in [4.69, 9.17) is 0 Å². The lowest BCUT2D eigenvalue weighted by molar-refractivity contribution is 0.0216. The smallest absolute Gasteiger partial charge is 0.356 e. The third-order valence-electron chi connectivity index (χ3n) is 5.71. The molecule has 0 saturated heterocycles. The van der Waals surface area contributed by atoms with E-state index in [0.29, 0.717) is 9.79 Å². The van der Waals surface area contributed by atoms with Crippen molar-refractivity contribution in [2.75, 3.05) is 0 Å². The van der Waals surface area contributed by atoms with Gasteiger partial charge in [-0.25, -0.2) is 46.8 Å². The van der Waals surface area contributed by atoms with Crippen LogP contribution in [0.25, 0.3) is 0 Å². The SMILES string of the molecule is O=C(OC(=O)OC(=O)OC(=O)OC(=O)c1ccccc1S(=O)c1ccccc1)OC(=O)OC(=O)OC(=O)c1ccccc1S(=O)c1ccccc1. The fraction of sp³-hybridized carbons (Fsp3) is 0. The van der Waals surface area contributed by atoms with Gasteiger partial charge in [0, 0.05) is 9.79 Å². The molecule has 0 amide bonds. The van der Waals surface area contributed by atoms with Crippen molar-refractivity contribution in [2.24, 2.45) is 0 Å². The van der Waals surface area contributed by atoms with E-state index in [0.717, 1.165) is 0 Å². The number of hydrogen-bond donors (Lipinski definition) is 0. The molecule has 0 bridgehead atoms. The number of esters is 2. The van der Waals surface area contributed by atoms with Crippen molar-refractivity contribution in [3.63, 3.8) is 0 Å². The molecule has 260 valence electrons. The molecule has 0 aliphatic rings. The molecule has 0 aromatic heterocycles. The van der Waals surface area contributed by atoms with Gasteiger partial charge in [0.2, 0.25) is 0 Å². The lowest BCUT2D eigenvalue weighted by Crippen LogP contribution is -2.25. The van der Waals surface area contributed by atoms with Crippen LogP contribution in [0.4, 0.5) is 28.8 Å². The van der Waals surface area contributed by atoms with Crippen LogP contribution >= 0.6 is 0 Å². The Hall–Kier alpha value is -6.86. The first kappa shape index (κ1) is 37.0. The van der Waals surface area contributed by atoms with Crippen LogP contribution in [0.2, 0.25) is 0 Å². The van der Waals surface area contributed by atoms with Gasteiger partial charge in [-0.2, -0.15) is 0 Å². The molecule has 0 aliphatic heterocycles. The maximum absolute atomic E-state index is 12.9. The van der Waals surface area contributed by atoms with Crippen LogP contribution in [0, 0.1) is 0 Å². The summed E-state index contributed by atoms with van der Waals surface area (Å²) in [6, 6.07) is 26.5.